The quantitative estimate of drug-likeness (QED) is 0.791. The number of aliphatic hydroxyl groups excluding tert-OH is 1. The van der Waals surface area contributed by atoms with Crippen LogP contribution in [0.3, 0.4) is 0 Å². The van der Waals surface area contributed by atoms with Crippen molar-refractivity contribution >= 4 is 17.3 Å². The molecule has 1 aliphatic heterocycles. The highest BCUT2D eigenvalue weighted by atomic mass is 35.5. The van der Waals surface area contributed by atoms with E-state index in [2.05, 4.69) is 11.4 Å². The van der Waals surface area contributed by atoms with Crippen LogP contribution >= 0.6 is 11.6 Å². The maximum absolute atomic E-state index is 10.7. The summed E-state index contributed by atoms with van der Waals surface area (Å²) in [5, 5.41) is 24.1. The second-order valence-electron chi connectivity index (χ2n) is 7.42. The van der Waals surface area contributed by atoms with Gasteiger partial charge in [0.25, 0.3) is 0 Å². The Kier molecular flexibility index (Phi) is 4.64. The molecule has 136 valence electrons. The molecule has 4 nitrogen and oxygen atoms in total. The van der Waals surface area contributed by atoms with Gasteiger partial charge in [0.2, 0.25) is 0 Å². The van der Waals surface area contributed by atoms with Crippen LogP contribution in [0.5, 0.6) is 5.75 Å². The first kappa shape index (κ1) is 18.6. The molecule has 0 saturated heterocycles. The molecule has 0 radical (unpaired) electrons. The maximum atomic E-state index is 10.7. The average Bonchev–Trinajstić information content (AvgIpc) is 2.61. The third kappa shape index (κ3) is 2.72. The van der Waals surface area contributed by atoms with Crippen molar-refractivity contribution in [2.45, 2.75) is 45.3 Å². The second-order valence-corrected chi connectivity index (χ2v) is 7.80. The van der Waals surface area contributed by atoms with Crippen molar-refractivity contribution in [3.05, 3.63) is 46.0 Å². The van der Waals surface area contributed by atoms with E-state index in [1.54, 1.807) is 13.2 Å². The molecule has 0 spiro atoms. The van der Waals surface area contributed by atoms with Gasteiger partial charge in [-0.15, -0.1) is 0 Å². The smallest absolute Gasteiger partial charge is 0.144 e. The Hall–Kier alpha value is -2.22. The van der Waals surface area contributed by atoms with E-state index in [0.717, 1.165) is 27.9 Å². The summed E-state index contributed by atoms with van der Waals surface area (Å²) in [7, 11) is 1.55. The van der Waals surface area contributed by atoms with Crippen LogP contribution in [0.4, 0.5) is 5.69 Å². The van der Waals surface area contributed by atoms with E-state index in [1.807, 2.05) is 45.9 Å². The van der Waals surface area contributed by atoms with Gasteiger partial charge in [-0.05, 0) is 38.5 Å². The Balaban J connectivity index is 2.29. The van der Waals surface area contributed by atoms with Crippen molar-refractivity contribution in [1.29, 1.82) is 5.26 Å². The molecule has 1 aliphatic rings. The number of methoxy groups -OCH3 is 1. The molecule has 0 aromatic heterocycles. The van der Waals surface area contributed by atoms with Gasteiger partial charge in [-0.3, -0.25) is 0 Å². The normalized spacial score (nSPS) is 20.7. The highest BCUT2D eigenvalue weighted by molar-refractivity contribution is 6.35. The number of nitriles is 1. The molecule has 0 aliphatic carbocycles. The van der Waals surface area contributed by atoms with Crippen LogP contribution in [0.2, 0.25) is 5.02 Å². The number of nitrogens with one attached hydrogen (secondary N) is 1. The standard InChI is InChI=1S/C21H23ClN2O2/c1-11-9-15(14-8-6-7-13(10-23)19(14)26-5)17(22)16-12(2)20(25)21(3,4)24-18(11)16/h6-9,12,20,24-25H,1-5H3/t12-,20-/m1/s1. The molecule has 0 bridgehead atoms. The molecule has 2 aromatic rings. The monoisotopic (exact) mass is 370 g/mol. The van der Waals surface area contributed by atoms with Gasteiger partial charge in [0.15, 0.2) is 0 Å². The van der Waals surface area contributed by atoms with E-state index in [-0.39, 0.29) is 5.92 Å². The van der Waals surface area contributed by atoms with E-state index >= 15 is 0 Å². The first-order valence-corrected chi connectivity index (χ1v) is 8.97. The van der Waals surface area contributed by atoms with Crippen molar-refractivity contribution < 1.29 is 9.84 Å². The van der Waals surface area contributed by atoms with Crippen LogP contribution in [0.15, 0.2) is 24.3 Å². The van der Waals surface area contributed by atoms with Crippen LogP contribution in [-0.2, 0) is 0 Å². The summed E-state index contributed by atoms with van der Waals surface area (Å²) in [5.74, 6) is 0.381. The summed E-state index contributed by atoms with van der Waals surface area (Å²) in [6, 6.07) is 9.60. The summed E-state index contributed by atoms with van der Waals surface area (Å²) in [5.41, 5.74) is 4.50. The summed E-state index contributed by atoms with van der Waals surface area (Å²) in [6.45, 7) is 7.98. The van der Waals surface area contributed by atoms with Crippen LogP contribution in [0.1, 0.15) is 43.4 Å². The zero-order valence-corrected chi connectivity index (χ0v) is 16.4. The fourth-order valence-corrected chi connectivity index (χ4v) is 4.27. The minimum atomic E-state index is -0.575. The van der Waals surface area contributed by atoms with E-state index in [9.17, 15) is 10.4 Å². The number of benzene rings is 2. The number of aryl methyl sites for hydroxylation is 1. The largest absolute Gasteiger partial charge is 0.495 e. The van der Waals surface area contributed by atoms with Crippen molar-refractivity contribution in [1.82, 2.24) is 0 Å². The Morgan fingerprint density at radius 1 is 1.31 bits per heavy atom. The minimum absolute atomic E-state index is 0.127. The third-order valence-corrected chi connectivity index (χ3v) is 5.65. The fourth-order valence-electron chi connectivity index (χ4n) is 3.84. The van der Waals surface area contributed by atoms with Crippen LogP contribution < -0.4 is 10.1 Å². The fraction of sp³-hybridized carbons (Fsp3) is 0.381. The zero-order valence-electron chi connectivity index (χ0n) is 15.6. The molecule has 2 aromatic carbocycles. The van der Waals surface area contributed by atoms with E-state index < -0.39 is 11.6 Å². The Bertz CT molecular complexity index is 915. The summed E-state index contributed by atoms with van der Waals surface area (Å²) in [6.07, 6.45) is -0.575. The molecule has 2 N–H and O–H groups in total. The molecular formula is C21H23ClN2O2. The number of anilines is 1. The van der Waals surface area contributed by atoms with Crippen molar-refractivity contribution in [3.8, 4) is 22.9 Å². The van der Waals surface area contributed by atoms with Crippen molar-refractivity contribution in [2.75, 3.05) is 12.4 Å². The number of hydrogen-bond acceptors (Lipinski definition) is 4. The van der Waals surface area contributed by atoms with Gasteiger partial charge in [0.1, 0.15) is 11.8 Å². The third-order valence-electron chi connectivity index (χ3n) is 5.24. The molecule has 0 fully saturated rings. The first-order chi connectivity index (χ1) is 12.2. The SMILES string of the molecule is COc1c(C#N)cccc1-c1cc(C)c2c(c1Cl)[C@@H](C)[C@@H](O)C(C)(C)N2. The van der Waals surface area contributed by atoms with Crippen LogP contribution in [0, 0.1) is 18.3 Å². The summed E-state index contributed by atoms with van der Waals surface area (Å²) >= 11 is 6.82. The van der Waals surface area contributed by atoms with E-state index in [4.69, 9.17) is 16.3 Å². The van der Waals surface area contributed by atoms with Gasteiger partial charge >= 0.3 is 0 Å². The first-order valence-electron chi connectivity index (χ1n) is 8.59. The van der Waals surface area contributed by atoms with Gasteiger partial charge in [-0.25, -0.2) is 0 Å². The molecule has 2 atom stereocenters. The minimum Gasteiger partial charge on any atom is -0.495 e. The lowest BCUT2D eigenvalue weighted by atomic mass is 9.77. The van der Waals surface area contributed by atoms with Gasteiger partial charge < -0.3 is 15.2 Å². The summed E-state index contributed by atoms with van der Waals surface area (Å²) in [4.78, 5) is 0. The number of hydrogen-bond donors (Lipinski definition) is 2. The Labute approximate surface area is 159 Å². The number of fused-ring (bicyclic) bond motifs is 1. The molecule has 1 heterocycles. The Morgan fingerprint density at radius 2 is 2.00 bits per heavy atom. The van der Waals surface area contributed by atoms with Gasteiger partial charge in [-0.2, -0.15) is 5.26 Å². The highest BCUT2D eigenvalue weighted by Gasteiger charge is 2.40. The number of halogens is 1. The second kappa shape index (κ2) is 6.50. The summed E-state index contributed by atoms with van der Waals surface area (Å²) < 4.78 is 5.50. The van der Waals surface area contributed by atoms with E-state index in [0.29, 0.717) is 16.3 Å². The van der Waals surface area contributed by atoms with Gasteiger partial charge in [-0.1, -0.05) is 30.7 Å². The molecule has 26 heavy (non-hydrogen) atoms. The topological polar surface area (TPSA) is 65.3 Å². The van der Waals surface area contributed by atoms with Crippen LogP contribution in [-0.4, -0.2) is 23.9 Å². The number of aliphatic hydroxyl groups is 1. The molecule has 3 rings (SSSR count). The highest BCUT2D eigenvalue weighted by Crippen LogP contribution is 2.49. The predicted octanol–water partition coefficient (Wildman–Crippen LogP) is 4.86. The zero-order chi connectivity index (χ0) is 19.2. The lowest BCUT2D eigenvalue weighted by molar-refractivity contribution is 0.0869. The number of ether oxygens (including phenoxy) is 1. The molecule has 0 unspecified atom stereocenters. The number of rotatable bonds is 2. The molecule has 5 heteroatoms. The number of nitrogens with zero attached hydrogens (tertiary/aromatic N) is 1. The molecular weight excluding hydrogens is 348 g/mol. The van der Waals surface area contributed by atoms with Crippen molar-refractivity contribution in [2.24, 2.45) is 0 Å². The average molecular weight is 371 g/mol. The predicted molar refractivity (Wildman–Crippen MR) is 105 cm³/mol. The molecule has 0 amide bonds. The van der Waals surface area contributed by atoms with E-state index in [1.165, 1.54) is 0 Å². The lowest BCUT2D eigenvalue weighted by Gasteiger charge is -2.43. The van der Waals surface area contributed by atoms with Gasteiger partial charge in [0, 0.05) is 28.3 Å². The Morgan fingerprint density at radius 3 is 2.62 bits per heavy atom. The lowest BCUT2D eigenvalue weighted by Crippen LogP contribution is -2.50. The van der Waals surface area contributed by atoms with Crippen molar-refractivity contribution in [3.63, 3.8) is 0 Å². The maximum Gasteiger partial charge on any atom is 0.144 e. The number of para-hydroxylation sites is 1. The molecule has 0 saturated carbocycles. The van der Waals surface area contributed by atoms with Crippen LogP contribution in [0.25, 0.3) is 11.1 Å². The van der Waals surface area contributed by atoms with Gasteiger partial charge in [0.05, 0.1) is 29.3 Å².